The Morgan fingerprint density at radius 3 is 2.88 bits per heavy atom. The zero-order valence-electron chi connectivity index (χ0n) is 22.5. The van der Waals surface area contributed by atoms with E-state index in [1.165, 1.54) is 30.7 Å². The first-order chi connectivity index (χ1) is 20.4. The highest BCUT2D eigenvalue weighted by Crippen LogP contribution is 2.36. The lowest BCUT2D eigenvalue weighted by Crippen LogP contribution is -2.44. The summed E-state index contributed by atoms with van der Waals surface area (Å²) in [5.74, 6) is 1.30. The number of pyridine rings is 2. The fraction of sp³-hybridized carbons (Fsp3) is 0.241. The Hall–Kier alpha value is -4.84. The zero-order chi connectivity index (χ0) is 29.0. The van der Waals surface area contributed by atoms with Crippen LogP contribution in [0.5, 0.6) is 11.5 Å². The second-order valence-electron chi connectivity index (χ2n) is 10.5. The average molecular weight is 586 g/mol. The number of aromatic nitrogens is 6. The number of fused-ring (bicyclic) bond motifs is 4. The summed E-state index contributed by atoms with van der Waals surface area (Å²) in [6.45, 7) is 5.79. The third-order valence-electron chi connectivity index (χ3n) is 7.69. The number of imidazole rings is 1. The molecule has 2 atom stereocenters. The molecule has 2 aliphatic heterocycles. The Morgan fingerprint density at radius 1 is 1.14 bits per heavy atom. The minimum Gasteiger partial charge on any atom is -0.454 e. The number of likely N-dealkylation sites (tertiary alicyclic amines) is 1. The van der Waals surface area contributed by atoms with E-state index in [-0.39, 0.29) is 28.4 Å². The maximum atomic E-state index is 15.3. The van der Waals surface area contributed by atoms with Crippen molar-refractivity contribution in [1.82, 2.24) is 34.4 Å². The summed E-state index contributed by atoms with van der Waals surface area (Å²) >= 11 is 6.50. The van der Waals surface area contributed by atoms with Crippen LogP contribution in [-0.2, 0) is 11.8 Å². The largest absolute Gasteiger partial charge is 0.454 e. The van der Waals surface area contributed by atoms with E-state index >= 15 is 4.39 Å². The maximum Gasteiger partial charge on any atom is 0.246 e. The number of carbonyl (C=O) groups excluding carboxylic acids is 1. The van der Waals surface area contributed by atoms with Gasteiger partial charge < -0.3 is 24.4 Å². The molecule has 7 rings (SSSR count). The summed E-state index contributed by atoms with van der Waals surface area (Å²) in [7, 11) is 1.84. The van der Waals surface area contributed by atoms with Gasteiger partial charge in [0.25, 0.3) is 0 Å². The lowest BCUT2D eigenvalue weighted by molar-refractivity contribution is -0.126. The van der Waals surface area contributed by atoms with Crippen LogP contribution in [0.2, 0.25) is 5.02 Å². The number of amides is 1. The summed E-state index contributed by atoms with van der Waals surface area (Å²) in [5, 5.41) is 3.22. The van der Waals surface area contributed by atoms with Crippen molar-refractivity contribution in [3.05, 3.63) is 72.7 Å². The van der Waals surface area contributed by atoms with Gasteiger partial charge in [-0.15, -0.1) is 0 Å². The number of ether oxygens (including phenoxy) is 1. The van der Waals surface area contributed by atoms with Gasteiger partial charge in [-0.1, -0.05) is 18.2 Å². The first-order valence-electron chi connectivity index (χ1n) is 13.4. The van der Waals surface area contributed by atoms with Crippen molar-refractivity contribution in [3.8, 4) is 11.5 Å². The summed E-state index contributed by atoms with van der Waals surface area (Å²) in [6.07, 6.45) is 6.91. The highest BCUT2D eigenvalue weighted by atomic mass is 35.5. The number of carbonyl (C=O) groups is 1. The van der Waals surface area contributed by atoms with Gasteiger partial charge in [-0.3, -0.25) is 4.79 Å². The molecule has 42 heavy (non-hydrogen) atoms. The molecule has 4 aromatic heterocycles. The normalized spacial score (nSPS) is 18.1. The fourth-order valence-electron chi connectivity index (χ4n) is 5.74. The molecular weight excluding hydrogens is 561 g/mol. The average Bonchev–Trinajstić information content (AvgIpc) is 3.52. The van der Waals surface area contributed by atoms with E-state index in [9.17, 15) is 4.79 Å². The summed E-state index contributed by atoms with van der Waals surface area (Å²) in [6, 6.07) is 8.22. The number of halogens is 2. The van der Waals surface area contributed by atoms with Gasteiger partial charge in [0.05, 0.1) is 28.8 Å². The van der Waals surface area contributed by atoms with E-state index in [1.54, 1.807) is 17.0 Å². The molecule has 1 N–H and O–H groups in total. The van der Waals surface area contributed by atoms with Gasteiger partial charge in [-0.2, -0.15) is 0 Å². The molecule has 1 amide bonds. The van der Waals surface area contributed by atoms with Crippen LogP contribution in [0.15, 0.2) is 61.8 Å². The highest BCUT2D eigenvalue weighted by Gasteiger charge is 2.40. The van der Waals surface area contributed by atoms with E-state index in [4.69, 9.17) is 21.3 Å². The quantitative estimate of drug-likeness (QED) is 0.279. The standard InChI is InChI=1S/C29H25ClFN9O2/c1-3-26(41)40-12-16-6-17(40)13-39(11-16)25-5-4-21-27(37-25)28(34-14-33-21)36-22-8-19(30)24(9-20(22)31)42-18-7-23-29(32-10-18)38(2)15-35-23/h3-5,7-10,14-17H,1,6,11-13H2,2H3,(H,33,34,36)/t16-,17+/m0/s1. The molecule has 11 nitrogen and oxygen atoms in total. The summed E-state index contributed by atoms with van der Waals surface area (Å²) < 4.78 is 22.9. The van der Waals surface area contributed by atoms with Gasteiger partial charge >= 0.3 is 0 Å². The molecular formula is C29H25ClFN9O2. The van der Waals surface area contributed by atoms with Crippen molar-refractivity contribution < 1.29 is 13.9 Å². The minimum absolute atomic E-state index is 0.0428. The number of hydrogen-bond acceptors (Lipinski definition) is 9. The topological polar surface area (TPSA) is 114 Å². The van der Waals surface area contributed by atoms with Gasteiger partial charge in [-0.25, -0.2) is 29.3 Å². The first-order valence-corrected chi connectivity index (χ1v) is 13.7. The van der Waals surface area contributed by atoms with Crippen molar-refractivity contribution in [2.24, 2.45) is 13.0 Å². The molecule has 13 heteroatoms. The van der Waals surface area contributed by atoms with Crippen LogP contribution in [0.1, 0.15) is 6.42 Å². The third-order valence-corrected chi connectivity index (χ3v) is 7.98. The van der Waals surface area contributed by atoms with Crippen molar-refractivity contribution in [3.63, 3.8) is 0 Å². The number of nitrogens with one attached hydrogen (secondary N) is 1. The van der Waals surface area contributed by atoms with Crippen LogP contribution in [0.25, 0.3) is 22.2 Å². The molecule has 0 saturated carbocycles. The molecule has 2 saturated heterocycles. The SMILES string of the molecule is C=CC(=O)N1C[C@H]2C[C@@H]1CN(c1ccc3ncnc(Nc4cc(Cl)c(Oc5cnc6c(c5)ncn6C)cc4F)c3n1)C2. The lowest BCUT2D eigenvalue weighted by Gasteiger charge is -2.33. The van der Waals surface area contributed by atoms with Crippen LogP contribution in [0.3, 0.4) is 0 Å². The van der Waals surface area contributed by atoms with Crippen LogP contribution < -0.4 is 15.0 Å². The van der Waals surface area contributed by atoms with Gasteiger partial charge in [0.15, 0.2) is 11.5 Å². The molecule has 0 spiro atoms. The second-order valence-corrected chi connectivity index (χ2v) is 10.9. The van der Waals surface area contributed by atoms with Crippen LogP contribution in [0.4, 0.5) is 21.7 Å². The lowest BCUT2D eigenvalue weighted by atomic mass is 10.00. The Bertz CT molecular complexity index is 1880. The second kappa shape index (κ2) is 10.2. The Labute approximate surface area is 244 Å². The van der Waals surface area contributed by atoms with E-state index in [0.29, 0.717) is 52.8 Å². The van der Waals surface area contributed by atoms with Gasteiger partial charge in [0.1, 0.15) is 40.5 Å². The molecule has 0 unspecified atom stereocenters. The fourth-order valence-corrected chi connectivity index (χ4v) is 5.94. The van der Waals surface area contributed by atoms with E-state index in [2.05, 4.69) is 36.7 Å². The van der Waals surface area contributed by atoms with Gasteiger partial charge in [0, 0.05) is 44.9 Å². The van der Waals surface area contributed by atoms with Gasteiger partial charge in [0.2, 0.25) is 5.91 Å². The van der Waals surface area contributed by atoms with Gasteiger partial charge in [-0.05, 0) is 36.6 Å². The van der Waals surface area contributed by atoms with Crippen LogP contribution >= 0.6 is 11.6 Å². The van der Waals surface area contributed by atoms with E-state index < -0.39 is 5.82 Å². The zero-order valence-corrected chi connectivity index (χ0v) is 23.3. The molecule has 1 aromatic carbocycles. The molecule has 0 aliphatic carbocycles. The van der Waals surface area contributed by atoms with Crippen molar-refractivity contribution in [2.45, 2.75) is 12.5 Å². The number of anilines is 3. The predicted molar refractivity (Wildman–Crippen MR) is 157 cm³/mol. The number of nitrogens with zero attached hydrogens (tertiary/aromatic N) is 8. The number of piperidine rings is 1. The third kappa shape index (κ3) is 4.63. The molecule has 5 aromatic rings. The predicted octanol–water partition coefficient (Wildman–Crippen LogP) is 4.86. The molecule has 2 fully saturated rings. The maximum absolute atomic E-state index is 15.3. The smallest absolute Gasteiger partial charge is 0.246 e. The molecule has 212 valence electrons. The summed E-state index contributed by atoms with van der Waals surface area (Å²) in [4.78, 5) is 38.5. The minimum atomic E-state index is -0.594. The molecule has 2 aliphatic rings. The Kier molecular flexibility index (Phi) is 6.34. The molecule has 0 radical (unpaired) electrons. The van der Waals surface area contributed by atoms with Crippen LogP contribution in [-0.4, -0.2) is 66.0 Å². The van der Waals surface area contributed by atoms with Crippen molar-refractivity contribution in [1.29, 1.82) is 0 Å². The van der Waals surface area contributed by atoms with Crippen LogP contribution in [0, 0.1) is 11.7 Å². The van der Waals surface area contributed by atoms with E-state index in [0.717, 1.165) is 18.8 Å². The molecule has 6 heterocycles. The number of hydrogen-bond donors (Lipinski definition) is 1. The highest BCUT2D eigenvalue weighted by molar-refractivity contribution is 6.32. The Morgan fingerprint density at radius 2 is 2.02 bits per heavy atom. The monoisotopic (exact) mass is 585 g/mol. The Balaban J connectivity index is 1.14. The van der Waals surface area contributed by atoms with Crippen molar-refractivity contribution >= 4 is 57.0 Å². The first kappa shape index (κ1) is 26.1. The molecule has 2 bridgehead atoms. The number of benzene rings is 1. The van der Waals surface area contributed by atoms with E-state index in [1.807, 2.05) is 24.1 Å². The number of rotatable bonds is 6. The number of aryl methyl sites for hydroxylation is 1. The summed E-state index contributed by atoms with van der Waals surface area (Å²) in [5.41, 5.74) is 2.53. The van der Waals surface area contributed by atoms with Crippen molar-refractivity contribution in [2.75, 3.05) is 29.9 Å².